The largest absolute Gasteiger partial charge is 0.355 e. The van der Waals surface area contributed by atoms with E-state index in [1.54, 1.807) is 11.1 Å². The smallest absolute Gasteiger partial charge is 0.329 e. The molecule has 3 heterocycles. The minimum absolute atomic E-state index is 0.211. The average molecular weight is 381 g/mol. The number of hydrogen-bond donors (Lipinski definition) is 2. The highest BCUT2D eigenvalue weighted by molar-refractivity contribution is 5.91. The van der Waals surface area contributed by atoms with Crippen molar-refractivity contribution in [2.45, 2.75) is 13.5 Å². The molecule has 1 saturated heterocycles. The Labute approximate surface area is 161 Å². The van der Waals surface area contributed by atoms with E-state index in [0.29, 0.717) is 24.1 Å². The van der Waals surface area contributed by atoms with Crippen molar-refractivity contribution in [3.63, 3.8) is 0 Å². The van der Waals surface area contributed by atoms with Crippen molar-refractivity contribution in [2.24, 2.45) is 0 Å². The number of H-pyrrole nitrogens is 2. The quantitative estimate of drug-likeness (QED) is 0.701. The maximum atomic E-state index is 12.8. The van der Waals surface area contributed by atoms with Crippen molar-refractivity contribution in [3.8, 4) is 11.1 Å². The average Bonchev–Trinajstić information content (AvgIpc) is 3.15. The first-order valence-electron chi connectivity index (χ1n) is 9.48. The predicted octanol–water partition coefficient (Wildman–Crippen LogP) is 0.849. The second-order valence-corrected chi connectivity index (χ2v) is 6.95. The highest BCUT2D eigenvalue weighted by Gasteiger charge is 2.22. The second kappa shape index (κ2) is 7.47. The van der Waals surface area contributed by atoms with Gasteiger partial charge >= 0.3 is 5.69 Å². The Morgan fingerprint density at radius 3 is 2.43 bits per heavy atom. The van der Waals surface area contributed by atoms with Gasteiger partial charge in [0.25, 0.3) is 5.56 Å². The topological polar surface area (TPSA) is 94.2 Å². The molecule has 0 radical (unpaired) electrons. The molecule has 1 aliphatic heterocycles. The van der Waals surface area contributed by atoms with Crippen molar-refractivity contribution in [1.29, 1.82) is 0 Å². The highest BCUT2D eigenvalue weighted by Crippen LogP contribution is 2.24. The minimum Gasteiger partial charge on any atom is -0.355 e. The summed E-state index contributed by atoms with van der Waals surface area (Å²) in [6.07, 6.45) is 1.70. The number of aromatic amines is 2. The van der Waals surface area contributed by atoms with Crippen LogP contribution in [0.15, 0.2) is 46.1 Å². The van der Waals surface area contributed by atoms with Gasteiger partial charge in [0.1, 0.15) is 12.1 Å². The molecular formula is C20H23N5O3. The summed E-state index contributed by atoms with van der Waals surface area (Å²) in [6.45, 7) is 5.63. The summed E-state index contributed by atoms with van der Waals surface area (Å²) in [4.78, 5) is 47.7. The number of likely N-dealkylation sites (N-methyl/N-ethyl adjacent to an activating group) is 1. The van der Waals surface area contributed by atoms with Crippen LogP contribution in [0.4, 0.5) is 0 Å². The molecule has 0 unspecified atom stereocenters. The Hall–Kier alpha value is -3.13. The number of amides is 1. The summed E-state index contributed by atoms with van der Waals surface area (Å²) in [7, 11) is 0. The maximum Gasteiger partial charge on any atom is 0.329 e. The summed E-state index contributed by atoms with van der Waals surface area (Å²) >= 11 is 0. The number of piperazine rings is 1. The third kappa shape index (κ3) is 3.27. The molecule has 1 aliphatic rings. The van der Waals surface area contributed by atoms with E-state index in [2.05, 4.69) is 21.8 Å². The lowest BCUT2D eigenvalue weighted by molar-refractivity contribution is -0.133. The molecule has 146 valence electrons. The first kappa shape index (κ1) is 18.2. The fraction of sp³-hybridized carbons (Fsp3) is 0.350. The van der Waals surface area contributed by atoms with Crippen LogP contribution in [0.3, 0.4) is 0 Å². The fourth-order valence-corrected chi connectivity index (χ4v) is 3.66. The van der Waals surface area contributed by atoms with Crippen LogP contribution >= 0.6 is 0 Å². The molecule has 0 saturated carbocycles. The summed E-state index contributed by atoms with van der Waals surface area (Å²) < 4.78 is 0.974. The Morgan fingerprint density at radius 2 is 1.75 bits per heavy atom. The normalized spacial score (nSPS) is 15.2. The van der Waals surface area contributed by atoms with Crippen LogP contribution in [0.1, 0.15) is 6.92 Å². The van der Waals surface area contributed by atoms with Crippen molar-refractivity contribution in [2.75, 3.05) is 32.7 Å². The SMILES string of the molecule is CCN1CCN(C(=O)Cn2c(=O)[nH]c3c(-c4ccccc4)c[nH]c3c2=O)CC1. The van der Waals surface area contributed by atoms with Gasteiger partial charge in [0, 0.05) is 37.9 Å². The van der Waals surface area contributed by atoms with Crippen LogP contribution in [-0.2, 0) is 11.3 Å². The molecule has 8 heteroatoms. The van der Waals surface area contributed by atoms with E-state index >= 15 is 0 Å². The van der Waals surface area contributed by atoms with Gasteiger partial charge in [-0.05, 0) is 12.1 Å². The second-order valence-electron chi connectivity index (χ2n) is 6.95. The number of aromatic nitrogens is 3. The number of carbonyl (C=O) groups excluding carboxylic acids is 1. The molecule has 1 fully saturated rings. The highest BCUT2D eigenvalue weighted by atomic mass is 16.2. The van der Waals surface area contributed by atoms with E-state index in [0.717, 1.165) is 35.3 Å². The third-order valence-electron chi connectivity index (χ3n) is 5.37. The van der Waals surface area contributed by atoms with Crippen molar-refractivity contribution in [1.82, 2.24) is 24.3 Å². The number of nitrogens with zero attached hydrogens (tertiary/aromatic N) is 3. The van der Waals surface area contributed by atoms with Crippen LogP contribution in [0.2, 0.25) is 0 Å². The van der Waals surface area contributed by atoms with Crippen molar-refractivity contribution < 1.29 is 4.79 Å². The van der Waals surface area contributed by atoms with E-state index in [4.69, 9.17) is 0 Å². The first-order valence-corrected chi connectivity index (χ1v) is 9.48. The zero-order valence-electron chi connectivity index (χ0n) is 15.8. The van der Waals surface area contributed by atoms with Gasteiger partial charge in [-0.15, -0.1) is 0 Å². The minimum atomic E-state index is -0.574. The Morgan fingerprint density at radius 1 is 1.04 bits per heavy atom. The first-order chi connectivity index (χ1) is 13.6. The number of nitrogens with one attached hydrogen (secondary N) is 2. The third-order valence-corrected chi connectivity index (χ3v) is 5.37. The van der Waals surface area contributed by atoms with Crippen molar-refractivity contribution in [3.05, 3.63) is 57.4 Å². The summed E-state index contributed by atoms with van der Waals surface area (Å²) in [5.74, 6) is -0.211. The molecule has 0 aliphatic carbocycles. The molecule has 0 bridgehead atoms. The maximum absolute atomic E-state index is 12.8. The van der Waals surface area contributed by atoms with E-state index in [1.807, 2.05) is 30.3 Å². The molecule has 1 aromatic carbocycles. The zero-order chi connectivity index (χ0) is 19.7. The Kier molecular flexibility index (Phi) is 4.87. The number of rotatable bonds is 4. The van der Waals surface area contributed by atoms with E-state index in [9.17, 15) is 14.4 Å². The van der Waals surface area contributed by atoms with Gasteiger partial charge in [-0.25, -0.2) is 9.36 Å². The predicted molar refractivity (Wildman–Crippen MR) is 107 cm³/mol. The monoisotopic (exact) mass is 381 g/mol. The Balaban J connectivity index is 1.63. The molecule has 1 amide bonds. The van der Waals surface area contributed by atoms with Crippen LogP contribution in [-0.4, -0.2) is 63.0 Å². The van der Waals surface area contributed by atoms with Gasteiger partial charge in [0.15, 0.2) is 0 Å². The van der Waals surface area contributed by atoms with Gasteiger partial charge in [-0.2, -0.15) is 0 Å². The molecule has 2 N–H and O–H groups in total. The molecule has 4 rings (SSSR count). The van der Waals surface area contributed by atoms with Crippen LogP contribution < -0.4 is 11.2 Å². The number of hydrogen-bond acceptors (Lipinski definition) is 4. The van der Waals surface area contributed by atoms with Gasteiger partial charge in [0.05, 0.1) is 5.52 Å². The van der Waals surface area contributed by atoms with Crippen molar-refractivity contribution >= 4 is 16.9 Å². The molecule has 2 aromatic heterocycles. The Bertz CT molecular complexity index is 1100. The van der Waals surface area contributed by atoms with Crippen LogP contribution in [0.5, 0.6) is 0 Å². The van der Waals surface area contributed by atoms with Crippen LogP contribution in [0.25, 0.3) is 22.2 Å². The fourth-order valence-electron chi connectivity index (χ4n) is 3.66. The zero-order valence-corrected chi connectivity index (χ0v) is 15.8. The number of carbonyl (C=O) groups is 1. The molecule has 0 atom stereocenters. The lowest BCUT2D eigenvalue weighted by atomic mass is 10.1. The van der Waals surface area contributed by atoms with E-state index in [-0.39, 0.29) is 12.5 Å². The van der Waals surface area contributed by atoms with Gasteiger partial charge in [-0.3, -0.25) is 9.59 Å². The van der Waals surface area contributed by atoms with Gasteiger partial charge in [-0.1, -0.05) is 37.3 Å². The van der Waals surface area contributed by atoms with Crippen LogP contribution in [0, 0.1) is 0 Å². The molecule has 0 spiro atoms. The number of fused-ring (bicyclic) bond motifs is 1. The lowest BCUT2D eigenvalue weighted by Crippen LogP contribution is -2.50. The summed E-state index contributed by atoms with van der Waals surface area (Å²) in [5.41, 5.74) is 1.34. The molecule has 28 heavy (non-hydrogen) atoms. The molecular weight excluding hydrogens is 358 g/mol. The van der Waals surface area contributed by atoms with Gasteiger partial charge < -0.3 is 19.8 Å². The lowest BCUT2D eigenvalue weighted by Gasteiger charge is -2.34. The molecule has 8 nitrogen and oxygen atoms in total. The van der Waals surface area contributed by atoms with E-state index in [1.165, 1.54) is 0 Å². The van der Waals surface area contributed by atoms with Gasteiger partial charge in [0.2, 0.25) is 5.91 Å². The summed E-state index contributed by atoms with van der Waals surface area (Å²) in [5, 5.41) is 0. The molecule has 3 aromatic rings. The standard InChI is InChI=1S/C20H23N5O3/c1-2-23-8-10-24(11-9-23)16(26)13-25-19(27)18-17(22-20(25)28)15(12-21-18)14-6-4-3-5-7-14/h3-7,12,21H,2,8-11,13H2,1H3,(H,22,28). The number of benzene rings is 1. The summed E-state index contributed by atoms with van der Waals surface area (Å²) in [6, 6.07) is 9.51. The van der Waals surface area contributed by atoms with E-state index < -0.39 is 11.2 Å².